The molecule has 0 aromatic heterocycles. The Kier molecular flexibility index (Phi) is 10.9. The van der Waals surface area contributed by atoms with E-state index in [1.807, 2.05) is 0 Å². The van der Waals surface area contributed by atoms with Crippen LogP contribution in [0.2, 0.25) is 0 Å². The van der Waals surface area contributed by atoms with Gasteiger partial charge in [-0.2, -0.15) is 0 Å². The second-order valence-electron chi connectivity index (χ2n) is 3.42. The number of hydrogen-bond acceptors (Lipinski definition) is 8. The molecule has 12 heteroatoms. The molecular formula is C6H10Na2O8S2. The van der Waals surface area contributed by atoms with Gasteiger partial charge >= 0.3 is 59.1 Å². The molecule has 8 nitrogen and oxygen atoms in total. The van der Waals surface area contributed by atoms with Crippen LogP contribution in [-0.4, -0.2) is 38.1 Å². The summed E-state index contributed by atoms with van der Waals surface area (Å²) in [5.74, 6) is 0. The normalized spacial score (nSPS) is 24.8. The zero-order valence-electron chi connectivity index (χ0n) is 10.1. The van der Waals surface area contributed by atoms with E-state index in [2.05, 4.69) is 8.37 Å². The molecule has 0 bridgehead atoms. The first-order chi connectivity index (χ1) is 7.16. The van der Waals surface area contributed by atoms with Crippen molar-refractivity contribution in [1.29, 1.82) is 0 Å². The maximum absolute atomic E-state index is 10.3. The van der Waals surface area contributed by atoms with Crippen LogP contribution in [0.1, 0.15) is 25.7 Å². The summed E-state index contributed by atoms with van der Waals surface area (Å²) in [5, 5.41) is 0. The molecule has 0 amide bonds. The quantitative estimate of drug-likeness (QED) is 0.283. The van der Waals surface area contributed by atoms with Crippen molar-refractivity contribution < 1.29 is 93.4 Å². The van der Waals surface area contributed by atoms with E-state index >= 15 is 0 Å². The SMILES string of the molecule is O=S(=O)([O-])OC1CCCC(OS(=O)(=O)[O-])C1.[Na+].[Na+]. The van der Waals surface area contributed by atoms with Crippen LogP contribution in [0.15, 0.2) is 0 Å². The molecule has 0 aromatic carbocycles. The van der Waals surface area contributed by atoms with E-state index in [-0.39, 0.29) is 65.5 Å². The van der Waals surface area contributed by atoms with Crippen molar-refractivity contribution in [1.82, 2.24) is 0 Å². The Morgan fingerprint density at radius 3 is 1.44 bits per heavy atom. The Morgan fingerprint density at radius 1 is 0.833 bits per heavy atom. The first kappa shape index (κ1) is 22.0. The monoisotopic (exact) mass is 320 g/mol. The van der Waals surface area contributed by atoms with Crippen molar-refractivity contribution in [2.45, 2.75) is 37.9 Å². The summed E-state index contributed by atoms with van der Waals surface area (Å²) in [6.07, 6.45) is -0.935. The smallest absolute Gasteiger partial charge is 0.726 e. The molecule has 1 saturated carbocycles. The van der Waals surface area contributed by atoms with Gasteiger partial charge in [0.2, 0.25) is 20.8 Å². The molecule has 2 atom stereocenters. The predicted octanol–water partition coefficient (Wildman–Crippen LogP) is -6.74. The molecule has 1 fully saturated rings. The van der Waals surface area contributed by atoms with Crippen molar-refractivity contribution >= 4 is 20.8 Å². The first-order valence-electron chi connectivity index (χ1n) is 4.44. The third-order valence-corrected chi connectivity index (χ3v) is 3.10. The third kappa shape index (κ3) is 10.5. The average molecular weight is 320 g/mol. The topological polar surface area (TPSA) is 133 Å². The summed E-state index contributed by atoms with van der Waals surface area (Å²) in [6, 6.07) is 0. The standard InChI is InChI=1S/C6H12O8S2.2Na/c7-15(8,9)13-5-2-1-3-6(4-5)14-16(10,11)12;;/h5-6H,1-4H2,(H,7,8,9)(H,10,11,12);;/q;2*+1/p-2. The van der Waals surface area contributed by atoms with E-state index in [1.54, 1.807) is 0 Å². The first-order valence-corrected chi connectivity index (χ1v) is 7.10. The minimum absolute atomic E-state index is 0. The zero-order valence-corrected chi connectivity index (χ0v) is 15.7. The molecule has 0 radical (unpaired) electrons. The third-order valence-electron chi connectivity index (χ3n) is 2.09. The van der Waals surface area contributed by atoms with Crippen molar-refractivity contribution in [3.63, 3.8) is 0 Å². The van der Waals surface area contributed by atoms with Crippen molar-refractivity contribution in [2.75, 3.05) is 0 Å². The van der Waals surface area contributed by atoms with Crippen molar-refractivity contribution in [2.24, 2.45) is 0 Å². The van der Waals surface area contributed by atoms with Crippen LogP contribution in [0, 0.1) is 0 Å². The molecule has 0 saturated heterocycles. The maximum atomic E-state index is 10.3. The summed E-state index contributed by atoms with van der Waals surface area (Å²) in [7, 11) is -9.65. The molecule has 0 aliphatic heterocycles. The minimum atomic E-state index is -4.82. The molecular weight excluding hydrogens is 310 g/mol. The van der Waals surface area contributed by atoms with E-state index in [9.17, 15) is 25.9 Å². The van der Waals surface area contributed by atoms with Crippen LogP contribution in [0.4, 0.5) is 0 Å². The van der Waals surface area contributed by atoms with Gasteiger partial charge in [-0.05, 0) is 19.3 Å². The second kappa shape index (κ2) is 8.90. The molecule has 0 aromatic rings. The summed E-state index contributed by atoms with van der Waals surface area (Å²) in [6.45, 7) is 0. The summed E-state index contributed by atoms with van der Waals surface area (Å²) in [4.78, 5) is 0. The average Bonchev–Trinajstić information content (AvgIpc) is 1.96. The van der Waals surface area contributed by atoms with Crippen LogP contribution >= 0.6 is 0 Å². The van der Waals surface area contributed by atoms with E-state index < -0.39 is 33.0 Å². The predicted molar refractivity (Wildman–Crippen MR) is 47.6 cm³/mol. The number of hydrogen-bond donors (Lipinski definition) is 0. The number of rotatable bonds is 4. The van der Waals surface area contributed by atoms with Crippen molar-refractivity contribution in [3.8, 4) is 0 Å². The Hall–Kier alpha value is 1.74. The van der Waals surface area contributed by atoms with E-state index in [4.69, 9.17) is 0 Å². The molecule has 0 heterocycles. The molecule has 0 N–H and O–H groups in total. The van der Waals surface area contributed by atoms with E-state index in [0.29, 0.717) is 19.3 Å². The van der Waals surface area contributed by atoms with Gasteiger partial charge in [0.1, 0.15) is 0 Å². The molecule has 0 spiro atoms. The van der Waals surface area contributed by atoms with E-state index in [1.165, 1.54) is 0 Å². The van der Waals surface area contributed by atoms with E-state index in [0.717, 1.165) is 0 Å². The van der Waals surface area contributed by atoms with Crippen molar-refractivity contribution in [3.05, 3.63) is 0 Å². The molecule has 1 rings (SSSR count). The molecule has 96 valence electrons. The fourth-order valence-corrected chi connectivity index (χ4v) is 2.63. The summed E-state index contributed by atoms with van der Waals surface area (Å²) >= 11 is 0. The zero-order chi connectivity index (χ0) is 12.4. The van der Waals surface area contributed by atoms with Gasteiger partial charge in [0.25, 0.3) is 0 Å². The Balaban J connectivity index is 0. The fourth-order valence-electron chi connectivity index (χ4n) is 1.61. The molecule has 1 aliphatic carbocycles. The minimum Gasteiger partial charge on any atom is -0.726 e. The molecule has 18 heavy (non-hydrogen) atoms. The summed E-state index contributed by atoms with van der Waals surface area (Å²) in [5.41, 5.74) is 0. The fraction of sp³-hybridized carbons (Fsp3) is 1.00. The van der Waals surface area contributed by atoms with Crippen LogP contribution in [0.5, 0.6) is 0 Å². The van der Waals surface area contributed by atoms with Gasteiger partial charge in [0.05, 0.1) is 12.2 Å². The van der Waals surface area contributed by atoms with Crippen LogP contribution in [0.25, 0.3) is 0 Å². The molecule has 2 unspecified atom stereocenters. The van der Waals surface area contributed by atoms with Gasteiger partial charge < -0.3 is 9.11 Å². The van der Waals surface area contributed by atoms with Crippen LogP contribution in [0.3, 0.4) is 0 Å². The second-order valence-corrected chi connectivity index (χ2v) is 5.44. The van der Waals surface area contributed by atoms with Gasteiger partial charge in [-0.25, -0.2) is 16.8 Å². The van der Waals surface area contributed by atoms with Gasteiger partial charge in [-0.15, -0.1) is 0 Å². The summed E-state index contributed by atoms with van der Waals surface area (Å²) < 4.78 is 70.1. The van der Waals surface area contributed by atoms with Crippen LogP contribution < -0.4 is 59.1 Å². The largest absolute Gasteiger partial charge is 1.00 e. The van der Waals surface area contributed by atoms with Crippen LogP contribution in [-0.2, 0) is 29.2 Å². The Bertz CT molecular complexity index is 393. The van der Waals surface area contributed by atoms with Gasteiger partial charge in [0, 0.05) is 6.42 Å². The Morgan fingerprint density at radius 2 is 1.17 bits per heavy atom. The van der Waals surface area contributed by atoms with Gasteiger partial charge in [-0.3, -0.25) is 8.37 Å². The molecule has 1 aliphatic rings. The maximum Gasteiger partial charge on any atom is 1.00 e. The van der Waals surface area contributed by atoms with Gasteiger partial charge in [0.15, 0.2) is 0 Å². The Labute approximate surface area is 150 Å². The van der Waals surface area contributed by atoms with Gasteiger partial charge in [-0.1, -0.05) is 0 Å².